The Labute approximate surface area is 236 Å². The van der Waals surface area contributed by atoms with Crippen LogP contribution in [0.4, 0.5) is 18.9 Å². The van der Waals surface area contributed by atoms with Crippen LogP contribution in [-0.2, 0) is 13.1 Å². The first kappa shape index (κ1) is 28.5. The van der Waals surface area contributed by atoms with Gasteiger partial charge in [0.05, 0.1) is 12.3 Å². The van der Waals surface area contributed by atoms with Crippen molar-refractivity contribution in [1.82, 2.24) is 9.80 Å². The third-order valence-corrected chi connectivity index (χ3v) is 10.1. The van der Waals surface area contributed by atoms with Crippen molar-refractivity contribution in [1.29, 1.82) is 0 Å². The summed E-state index contributed by atoms with van der Waals surface area (Å²) in [6.07, 6.45) is 1.08. The molecular formula is C31H38F3N5S. The van der Waals surface area contributed by atoms with Gasteiger partial charge in [-0.05, 0) is 49.7 Å². The van der Waals surface area contributed by atoms with Crippen LogP contribution in [0.5, 0.6) is 0 Å². The van der Waals surface area contributed by atoms with Crippen LogP contribution in [0.3, 0.4) is 0 Å². The zero-order valence-corrected chi connectivity index (χ0v) is 23.8. The fourth-order valence-corrected chi connectivity index (χ4v) is 6.83. The molecule has 0 aliphatic carbocycles. The minimum Gasteiger partial charge on any atom is -0.357 e. The lowest BCUT2D eigenvalue weighted by molar-refractivity contribution is 0.221. The van der Waals surface area contributed by atoms with Gasteiger partial charge in [-0.2, -0.15) is 10.2 Å². The number of hydrogen-bond acceptors (Lipinski definition) is 5. The number of hydrogen-bond donors (Lipinski definition) is 0. The fourth-order valence-electron chi connectivity index (χ4n) is 5.41. The van der Waals surface area contributed by atoms with Gasteiger partial charge in [-0.1, -0.05) is 49.0 Å². The predicted molar refractivity (Wildman–Crippen MR) is 165 cm³/mol. The van der Waals surface area contributed by atoms with Gasteiger partial charge in [0.2, 0.25) is 0 Å². The summed E-state index contributed by atoms with van der Waals surface area (Å²) in [5.41, 5.74) is 3.22. The number of benzene rings is 2. The van der Waals surface area contributed by atoms with Gasteiger partial charge in [0.1, 0.15) is 17.3 Å². The van der Waals surface area contributed by atoms with E-state index < -0.39 is 21.4 Å². The minimum absolute atomic E-state index is 0.0693. The molecule has 5 nitrogen and oxygen atoms in total. The van der Waals surface area contributed by atoms with Crippen molar-refractivity contribution in [2.45, 2.75) is 45.2 Å². The Morgan fingerprint density at radius 2 is 1.65 bits per heavy atom. The van der Waals surface area contributed by atoms with Crippen LogP contribution in [0, 0.1) is 5.82 Å². The molecule has 2 aromatic carbocycles. The first-order valence-corrected chi connectivity index (χ1v) is 16.2. The van der Waals surface area contributed by atoms with Crippen LogP contribution in [0.15, 0.2) is 65.1 Å². The van der Waals surface area contributed by atoms with Crippen molar-refractivity contribution in [3.63, 3.8) is 0 Å². The van der Waals surface area contributed by atoms with E-state index in [2.05, 4.69) is 67.5 Å². The molecule has 0 bridgehead atoms. The summed E-state index contributed by atoms with van der Waals surface area (Å²) in [7, 11) is -1.08. The van der Waals surface area contributed by atoms with Crippen LogP contribution < -0.4 is 4.90 Å². The standard InChI is InChI=1S/C31H38F3N5S/c1-23(38-15-17-40(2,3)18-16-38)39(27-11-7-24(8-12-27)21-37-13-5-4-6-14-37)22-26-10-9-25(19-28(26)32)29-20-30(31(33)34)36-35-29/h7-12,19,31H,1-6,13-18,20-22H2. The van der Waals surface area contributed by atoms with E-state index in [0.717, 1.165) is 55.7 Å². The molecule has 3 aliphatic heterocycles. The van der Waals surface area contributed by atoms with Crippen LogP contribution in [0.25, 0.3) is 0 Å². The summed E-state index contributed by atoms with van der Waals surface area (Å²) in [5.74, 6) is 10.9. The number of alkyl halides is 2. The average molecular weight is 570 g/mol. The van der Waals surface area contributed by atoms with Crippen molar-refractivity contribution in [3.05, 3.63) is 77.4 Å². The SMILES string of the molecule is C=C(N1CCS(=C)(=C)CC1)N(Cc1ccc(C2=NN=C(C(F)F)C2)cc1F)c1ccc(CN2CCCCC2)cc1. The highest BCUT2D eigenvalue weighted by atomic mass is 32.2. The monoisotopic (exact) mass is 569 g/mol. The van der Waals surface area contributed by atoms with E-state index in [1.165, 1.54) is 30.9 Å². The maximum absolute atomic E-state index is 15.4. The number of likely N-dealkylation sites (tertiary alicyclic amines) is 1. The molecular weight excluding hydrogens is 531 g/mol. The Morgan fingerprint density at radius 3 is 2.27 bits per heavy atom. The molecule has 40 heavy (non-hydrogen) atoms. The van der Waals surface area contributed by atoms with Gasteiger partial charge in [0.15, 0.2) is 0 Å². The molecule has 0 spiro atoms. The third kappa shape index (κ3) is 6.81. The van der Waals surface area contributed by atoms with E-state index >= 15 is 4.39 Å². The molecule has 9 heteroatoms. The second-order valence-corrected chi connectivity index (χ2v) is 14.3. The zero-order valence-electron chi connectivity index (χ0n) is 23.0. The van der Waals surface area contributed by atoms with Gasteiger partial charge in [0, 0.05) is 54.4 Å². The van der Waals surface area contributed by atoms with E-state index in [-0.39, 0.29) is 18.7 Å². The molecule has 0 atom stereocenters. The first-order valence-electron chi connectivity index (χ1n) is 13.9. The van der Waals surface area contributed by atoms with Crippen molar-refractivity contribution in [2.24, 2.45) is 10.2 Å². The zero-order chi connectivity index (χ0) is 28.3. The molecule has 5 rings (SSSR count). The lowest BCUT2D eigenvalue weighted by Crippen LogP contribution is -2.40. The van der Waals surface area contributed by atoms with Crippen LogP contribution in [0.1, 0.15) is 42.4 Å². The maximum Gasteiger partial charge on any atom is 0.278 e. The summed E-state index contributed by atoms with van der Waals surface area (Å²) < 4.78 is 41.4. The molecule has 0 amide bonds. The Morgan fingerprint density at radius 1 is 0.950 bits per heavy atom. The Hall–Kier alpha value is -3.04. The summed E-state index contributed by atoms with van der Waals surface area (Å²) in [5, 5.41) is 7.41. The van der Waals surface area contributed by atoms with Gasteiger partial charge in [-0.15, -0.1) is 0 Å². The molecule has 3 aliphatic rings. The van der Waals surface area contributed by atoms with Crippen LogP contribution >= 0.6 is 9.21 Å². The molecule has 0 N–H and O–H groups in total. The number of anilines is 1. The van der Waals surface area contributed by atoms with Gasteiger partial charge >= 0.3 is 0 Å². The van der Waals surface area contributed by atoms with Crippen molar-refractivity contribution in [2.75, 3.05) is 42.6 Å². The highest BCUT2D eigenvalue weighted by Gasteiger charge is 2.24. The van der Waals surface area contributed by atoms with Gasteiger partial charge < -0.3 is 9.80 Å². The van der Waals surface area contributed by atoms with E-state index in [4.69, 9.17) is 0 Å². The minimum atomic E-state index is -2.66. The molecule has 2 fully saturated rings. The quantitative estimate of drug-likeness (QED) is 0.343. The lowest BCUT2D eigenvalue weighted by Gasteiger charge is -2.39. The fraction of sp³-hybridized carbons (Fsp3) is 0.419. The van der Waals surface area contributed by atoms with Crippen molar-refractivity contribution >= 4 is 38.1 Å². The van der Waals surface area contributed by atoms with E-state index in [9.17, 15) is 8.78 Å². The molecule has 2 saturated heterocycles. The molecule has 0 unspecified atom stereocenters. The summed E-state index contributed by atoms with van der Waals surface area (Å²) >= 11 is 0. The summed E-state index contributed by atoms with van der Waals surface area (Å²) in [4.78, 5) is 6.80. The second kappa shape index (κ2) is 12.2. The maximum atomic E-state index is 15.4. The number of rotatable bonds is 9. The number of nitrogens with zero attached hydrogens (tertiary/aromatic N) is 5. The van der Waals surface area contributed by atoms with Gasteiger partial charge in [-0.25, -0.2) is 22.4 Å². The molecule has 2 aromatic rings. The highest BCUT2D eigenvalue weighted by Crippen LogP contribution is 2.30. The second-order valence-electron chi connectivity index (χ2n) is 11.0. The van der Waals surface area contributed by atoms with E-state index in [0.29, 0.717) is 16.8 Å². The topological polar surface area (TPSA) is 34.4 Å². The van der Waals surface area contributed by atoms with Gasteiger partial charge in [-0.3, -0.25) is 4.90 Å². The Balaban J connectivity index is 1.35. The normalized spacial score (nSPS) is 19.4. The Bertz CT molecular complexity index is 1380. The third-order valence-electron chi connectivity index (χ3n) is 7.98. The van der Waals surface area contributed by atoms with Crippen LogP contribution in [-0.4, -0.2) is 77.1 Å². The molecule has 3 heterocycles. The van der Waals surface area contributed by atoms with E-state index in [1.807, 2.05) is 0 Å². The number of halogens is 3. The van der Waals surface area contributed by atoms with Crippen molar-refractivity contribution in [3.8, 4) is 0 Å². The average Bonchev–Trinajstić information content (AvgIpc) is 3.44. The predicted octanol–water partition coefficient (Wildman–Crippen LogP) is 6.09. The first-order chi connectivity index (χ1) is 19.2. The van der Waals surface area contributed by atoms with Crippen molar-refractivity contribution < 1.29 is 13.2 Å². The summed E-state index contributed by atoms with van der Waals surface area (Å²) in [6, 6.07) is 13.3. The lowest BCUT2D eigenvalue weighted by atomic mass is 10.0. The van der Waals surface area contributed by atoms with Gasteiger partial charge in [0.25, 0.3) is 6.43 Å². The highest BCUT2D eigenvalue weighted by molar-refractivity contribution is 8.27. The molecule has 214 valence electrons. The van der Waals surface area contributed by atoms with Crippen LogP contribution in [0.2, 0.25) is 0 Å². The Kier molecular flexibility index (Phi) is 8.71. The number of piperidine rings is 1. The molecule has 0 saturated carbocycles. The smallest absolute Gasteiger partial charge is 0.278 e. The van der Waals surface area contributed by atoms with E-state index in [1.54, 1.807) is 12.1 Å². The largest absolute Gasteiger partial charge is 0.357 e. The summed E-state index contributed by atoms with van der Waals surface area (Å²) in [6.45, 7) is 9.56. The molecule has 0 aromatic heterocycles. The molecule has 0 radical (unpaired) electrons.